The normalized spacial score (nSPS) is 12.6. The molecule has 0 aromatic heterocycles. The molecule has 2 atom stereocenters. The first-order valence-corrected chi connectivity index (χ1v) is 13.4. The molecule has 0 fully saturated rings. The highest BCUT2D eigenvalue weighted by Crippen LogP contribution is 2.25. The Labute approximate surface area is 231 Å². The fraction of sp³-hybridized carbons (Fsp3) is 0.607. The number of nitrogens with two attached hydrogens (primary N) is 1. The molecule has 11 nitrogen and oxygen atoms in total. The quantitative estimate of drug-likeness (QED) is 0.225. The van der Waals surface area contributed by atoms with Gasteiger partial charge in [-0.05, 0) is 46.6 Å². The van der Waals surface area contributed by atoms with E-state index < -0.39 is 53.9 Å². The second-order valence-corrected chi connectivity index (χ2v) is 10.3. The molecule has 2 unspecified atom stereocenters. The minimum atomic E-state index is -1.35. The van der Waals surface area contributed by atoms with Crippen molar-refractivity contribution in [2.75, 3.05) is 19.7 Å². The smallest absolute Gasteiger partial charge is 0.408 e. The van der Waals surface area contributed by atoms with Crippen molar-refractivity contribution in [2.45, 2.75) is 91.3 Å². The third kappa shape index (κ3) is 12.6. The summed E-state index contributed by atoms with van der Waals surface area (Å²) >= 11 is 0. The van der Waals surface area contributed by atoms with E-state index in [0.29, 0.717) is 12.0 Å². The summed E-state index contributed by atoms with van der Waals surface area (Å²) in [4.78, 5) is 65.1. The predicted molar refractivity (Wildman–Crippen MR) is 146 cm³/mol. The zero-order valence-electron chi connectivity index (χ0n) is 24.0. The van der Waals surface area contributed by atoms with E-state index in [-0.39, 0.29) is 26.1 Å². The predicted octanol–water partition coefficient (Wildman–Crippen LogP) is 2.89. The second kappa shape index (κ2) is 16.4. The molecule has 0 aliphatic carbocycles. The monoisotopic (exact) mass is 548 g/mol. The second-order valence-electron chi connectivity index (χ2n) is 10.3. The number of benzene rings is 1. The van der Waals surface area contributed by atoms with E-state index in [9.17, 15) is 24.0 Å². The van der Waals surface area contributed by atoms with Crippen molar-refractivity contribution in [1.29, 1.82) is 0 Å². The van der Waals surface area contributed by atoms with E-state index in [2.05, 4.69) is 10.6 Å². The number of nitrogens with one attached hydrogen (secondary N) is 2. The number of carbonyl (C=O) groups excluding carboxylic acids is 5. The Morgan fingerprint density at radius 1 is 1.08 bits per heavy atom. The van der Waals surface area contributed by atoms with Crippen molar-refractivity contribution in [1.82, 2.24) is 15.5 Å². The first kappa shape index (κ1) is 33.4. The van der Waals surface area contributed by atoms with Gasteiger partial charge in [0.1, 0.15) is 17.7 Å². The van der Waals surface area contributed by atoms with Crippen molar-refractivity contribution in [3.05, 3.63) is 35.4 Å². The first-order chi connectivity index (χ1) is 18.3. The Hall–Kier alpha value is -3.63. The Bertz CT molecular complexity index is 990. The Balaban J connectivity index is 3.43. The van der Waals surface area contributed by atoms with Crippen molar-refractivity contribution >= 4 is 29.8 Å². The van der Waals surface area contributed by atoms with Crippen LogP contribution in [0.1, 0.15) is 83.9 Å². The van der Waals surface area contributed by atoms with Crippen molar-refractivity contribution in [3.8, 4) is 0 Å². The van der Waals surface area contributed by atoms with Gasteiger partial charge in [0.15, 0.2) is 0 Å². The average molecular weight is 549 g/mol. The summed E-state index contributed by atoms with van der Waals surface area (Å²) in [7, 11) is 0. The van der Waals surface area contributed by atoms with Gasteiger partial charge in [0.25, 0.3) is 0 Å². The summed E-state index contributed by atoms with van der Waals surface area (Å²) in [5.41, 5.74) is 6.00. The molecule has 0 saturated carbocycles. The van der Waals surface area contributed by atoms with Gasteiger partial charge in [-0.15, -0.1) is 0 Å². The minimum absolute atomic E-state index is 0.0118. The molecule has 1 aromatic rings. The van der Waals surface area contributed by atoms with Crippen LogP contribution in [0.4, 0.5) is 4.79 Å². The van der Waals surface area contributed by atoms with Crippen molar-refractivity contribution < 1.29 is 33.4 Å². The van der Waals surface area contributed by atoms with Crippen LogP contribution in [0, 0.1) is 6.92 Å². The fourth-order valence-corrected chi connectivity index (χ4v) is 3.88. The molecule has 0 aliphatic heterocycles. The number of alkyl carbamates (subject to hydrolysis) is 1. The average Bonchev–Trinajstić information content (AvgIpc) is 2.81. The number of rotatable bonds is 15. The molecule has 1 rings (SSSR count). The fourth-order valence-electron chi connectivity index (χ4n) is 3.88. The van der Waals surface area contributed by atoms with Crippen LogP contribution >= 0.6 is 0 Å². The van der Waals surface area contributed by atoms with Gasteiger partial charge in [-0.1, -0.05) is 49.6 Å². The number of ether oxygens (including phenoxy) is 2. The zero-order valence-corrected chi connectivity index (χ0v) is 24.0. The van der Waals surface area contributed by atoms with Crippen LogP contribution in [-0.2, 0) is 28.7 Å². The number of aryl methyl sites for hydroxylation is 1. The van der Waals surface area contributed by atoms with E-state index in [4.69, 9.17) is 15.2 Å². The number of hydrogen-bond donors (Lipinski definition) is 3. The van der Waals surface area contributed by atoms with Gasteiger partial charge in [-0.3, -0.25) is 19.2 Å². The maximum atomic E-state index is 13.9. The molecule has 11 heteroatoms. The maximum Gasteiger partial charge on any atom is 0.408 e. The van der Waals surface area contributed by atoms with E-state index in [1.165, 1.54) is 4.90 Å². The number of amides is 4. The van der Waals surface area contributed by atoms with E-state index in [1.807, 2.05) is 19.9 Å². The first-order valence-electron chi connectivity index (χ1n) is 13.4. The number of esters is 1. The molecule has 218 valence electrons. The van der Waals surface area contributed by atoms with Gasteiger partial charge in [0.05, 0.1) is 19.4 Å². The molecule has 0 aliphatic rings. The number of primary amides is 1. The molecule has 0 spiro atoms. The largest absolute Gasteiger partial charge is 0.466 e. The Morgan fingerprint density at radius 2 is 1.77 bits per heavy atom. The molecule has 1 aromatic carbocycles. The lowest BCUT2D eigenvalue weighted by atomic mass is 9.99. The van der Waals surface area contributed by atoms with Crippen LogP contribution in [0.3, 0.4) is 0 Å². The van der Waals surface area contributed by atoms with Gasteiger partial charge in [-0.25, -0.2) is 4.79 Å². The minimum Gasteiger partial charge on any atom is -0.466 e. The number of unbranched alkanes of at least 4 members (excludes halogenated alkanes) is 2. The Morgan fingerprint density at radius 3 is 2.33 bits per heavy atom. The molecule has 0 radical (unpaired) electrons. The number of carbonyl (C=O) groups is 5. The summed E-state index contributed by atoms with van der Waals surface area (Å²) in [6.07, 6.45) is 0.832. The van der Waals surface area contributed by atoms with Gasteiger partial charge in [0.2, 0.25) is 17.7 Å². The molecular weight excluding hydrogens is 504 g/mol. The van der Waals surface area contributed by atoms with Gasteiger partial charge in [0, 0.05) is 13.1 Å². The van der Waals surface area contributed by atoms with Crippen LogP contribution in [0.5, 0.6) is 0 Å². The molecule has 4 N–H and O–H groups in total. The number of hydrogen-bond acceptors (Lipinski definition) is 7. The number of nitrogens with zero attached hydrogens (tertiary/aromatic N) is 1. The van der Waals surface area contributed by atoms with E-state index >= 15 is 0 Å². The van der Waals surface area contributed by atoms with Crippen molar-refractivity contribution in [2.24, 2.45) is 5.73 Å². The molecular formula is C28H44N4O7. The topological polar surface area (TPSA) is 157 Å². The van der Waals surface area contributed by atoms with Gasteiger partial charge < -0.3 is 30.7 Å². The zero-order chi connectivity index (χ0) is 29.6. The highest BCUT2D eigenvalue weighted by molar-refractivity contribution is 5.94. The lowest BCUT2D eigenvalue weighted by Gasteiger charge is -2.34. The highest BCUT2D eigenvalue weighted by Gasteiger charge is 2.36. The van der Waals surface area contributed by atoms with Crippen LogP contribution in [0.15, 0.2) is 24.3 Å². The Kier molecular flexibility index (Phi) is 14.0. The third-order valence-electron chi connectivity index (χ3n) is 5.53. The summed E-state index contributed by atoms with van der Waals surface area (Å²) in [5, 5.41) is 5.19. The summed E-state index contributed by atoms with van der Waals surface area (Å²) in [6, 6.07) is 4.72. The summed E-state index contributed by atoms with van der Waals surface area (Å²) in [6.45, 7) is 11.0. The van der Waals surface area contributed by atoms with Crippen LogP contribution in [-0.4, -0.2) is 66.0 Å². The van der Waals surface area contributed by atoms with E-state index in [0.717, 1.165) is 18.4 Å². The van der Waals surface area contributed by atoms with Crippen molar-refractivity contribution in [3.63, 3.8) is 0 Å². The lowest BCUT2D eigenvalue weighted by molar-refractivity contribution is -0.144. The van der Waals surface area contributed by atoms with Gasteiger partial charge in [-0.2, -0.15) is 0 Å². The van der Waals surface area contributed by atoms with Gasteiger partial charge >= 0.3 is 12.1 Å². The molecule has 4 amide bonds. The van der Waals surface area contributed by atoms with Crippen LogP contribution < -0.4 is 16.4 Å². The molecule has 0 bridgehead atoms. The van der Waals surface area contributed by atoms with E-state index in [1.54, 1.807) is 45.9 Å². The summed E-state index contributed by atoms with van der Waals surface area (Å²) < 4.78 is 10.2. The summed E-state index contributed by atoms with van der Waals surface area (Å²) in [5.74, 6) is -2.42. The third-order valence-corrected chi connectivity index (χ3v) is 5.53. The maximum absolute atomic E-state index is 13.9. The SMILES string of the molecule is CCCCCN(C(=O)C(CC(N)=O)NC(=O)OC(C)(C)C)C(C(=O)NCCC(=O)OCC)c1cccc(C)c1. The molecule has 0 saturated heterocycles. The lowest BCUT2D eigenvalue weighted by Crippen LogP contribution is -2.54. The van der Waals surface area contributed by atoms with Crippen LogP contribution in [0.25, 0.3) is 0 Å². The highest BCUT2D eigenvalue weighted by atomic mass is 16.6. The molecule has 39 heavy (non-hydrogen) atoms. The standard InChI is InChI=1S/C28H44N4O7/c1-7-9-10-16-32(26(36)21(18-22(29)33)31-27(37)39-28(4,5)6)24(20-13-11-12-19(3)17-20)25(35)30-15-14-23(34)38-8-2/h11-13,17,21,24H,7-10,14-16,18H2,1-6H3,(H2,29,33)(H,30,35)(H,31,37). The molecule has 0 heterocycles. The van der Waals surface area contributed by atoms with Crippen LogP contribution in [0.2, 0.25) is 0 Å².